The van der Waals surface area contributed by atoms with Crippen molar-refractivity contribution in [3.63, 3.8) is 0 Å². The van der Waals surface area contributed by atoms with Crippen LogP contribution < -0.4 is 0 Å². The van der Waals surface area contributed by atoms with Crippen LogP contribution in [0.25, 0.3) is 0 Å². The van der Waals surface area contributed by atoms with Gasteiger partial charge in [-0.2, -0.15) is 65.9 Å². The van der Waals surface area contributed by atoms with E-state index in [1.807, 2.05) is 0 Å². The van der Waals surface area contributed by atoms with Crippen molar-refractivity contribution in [1.82, 2.24) is 0 Å². The van der Waals surface area contributed by atoms with Gasteiger partial charge in [-0.3, -0.25) is 0 Å². The van der Waals surface area contributed by atoms with E-state index < -0.39 is 64.8 Å². The van der Waals surface area contributed by atoms with Crippen molar-refractivity contribution < 1.29 is 74.6 Å². The maximum atomic E-state index is 13.2. The molecule has 0 bridgehead atoms. The molecule has 0 aromatic carbocycles. The third-order valence-corrected chi connectivity index (χ3v) is 12.8. The van der Waals surface area contributed by atoms with E-state index in [1.165, 1.54) is 0 Å². The molecule has 0 saturated carbocycles. The van der Waals surface area contributed by atoms with Crippen LogP contribution in [0.1, 0.15) is 0 Å². The second-order valence-electron chi connectivity index (χ2n) is 5.40. The summed E-state index contributed by atoms with van der Waals surface area (Å²) < 4.78 is 218. The minimum absolute atomic E-state index is 0.236. The van der Waals surface area contributed by atoms with Gasteiger partial charge in [-0.05, 0) is 9.76 Å². The highest BCUT2D eigenvalue weighted by Crippen LogP contribution is 2.63. The molecule has 0 spiro atoms. The molecule has 0 aliphatic carbocycles. The predicted octanol–water partition coefficient (Wildman–Crippen LogP) is 2.49. The molecular weight excluding hydrogens is 503 g/mol. The fraction of sp³-hybridized carbons (Fsp3) is 1.00. The van der Waals surface area contributed by atoms with Gasteiger partial charge in [0.1, 0.15) is 0 Å². The van der Waals surface area contributed by atoms with Crippen molar-refractivity contribution >= 4 is 27.4 Å². The summed E-state index contributed by atoms with van der Waals surface area (Å²) in [5.41, 5.74) is -6.02. The maximum absolute atomic E-state index is 13.2. The van der Waals surface area contributed by atoms with Crippen LogP contribution in [-0.4, -0.2) is 74.6 Å². The minimum Gasteiger partial charge on any atom is -0.206 e. The van der Waals surface area contributed by atoms with E-state index in [0.717, 1.165) is 0 Å². The summed E-state index contributed by atoms with van der Waals surface area (Å²) in [6.07, 6.45) is -7.72. The molecule has 0 amide bonds. The number of hydrogen-bond acceptors (Lipinski definition) is 0. The highest BCUT2D eigenvalue weighted by atomic mass is 29.5. The minimum atomic E-state index is -8.53. The van der Waals surface area contributed by atoms with Crippen LogP contribution in [0.5, 0.6) is 0 Å². The van der Waals surface area contributed by atoms with Gasteiger partial charge in [0.25, 0.3) is 5.55 Å². The molecular formula is C8H7F17Si3. The molecule has 28 heavy (non-hydrogen) atoms. The Hall–Kier alpha value is -0.539. The fourth-order valence-corrected chi connectivity index (χ4v) is 11.3. The average Bonchev–Trinajstić information content (AvgIpc) is 2.44. The number of alkyl halides is 17. The number of halogens is 17. The van der Waals surface area contributed by atoms with Crippen LogP contribution >= 0.6 is 0 Å². The smallest absolute Gasteiger partial charge is 0.206 e. The van der Waals surface area contributed by atoms with E-state index in [9.17, 15) is 74.6 Å². The summed E-state index contributed by atoms with van der Waals surface area (Å²) in [7, 11) is -5.92. The SMILES string of the molecule is FC(F)(F)C(F)(F)C(F)(F)C(F)(F)C(F)(F)C(F)(F)C(F)(F)C(F)(F)[SiH2][SiH2][SiH3]. The molecule has 0 aliphatic heterocycles. The molecule has 0 N–H and O–H groups in total. The van der Waals surface area contributed by atoms with E-state index in [-0.39, 0.29) is 9.76 Å². The molecule has 0 rings (SSSR count). The lowest BCUT2D eigenvalue weighted by molar-refractivity contribution is -0.458. The second kappa shape index (κ2) is 7.01. The highest BCUT2D eigenvalue weighted by Gasteiger charge is 2.94. The van der Waals surface area contributed by atoms with E-state index in [2.05, 4.69) is 0 Å². The Bertz CT molecular complexity index is 563. The van der Waals surface area contributed by atoms with Gasteiger partial charge in [-0.15, -0.1) is 0 Å². The Morgan fingerprint density at radius 3 is 0.893 bits per heavy atom. The van der Waals surface area contributed by atoms with Crippen molar-refractivity contribution in [2.45, 2.75) is 47.3 Å². The largest absolute Gasteiger partial charge is 0.460 e. The predicted molar refractivity (Wildman–Crippen MR) is 67.7 cm³/mol. The summed E-state index contributed by atoms with van der Waals surface area (Å²) in [4.78, 5) is 0. The monoisotopic (exact) mass is 510 g/mol. The molecule has 170 valence electrons. The molecule has 0 saturated heterocycles. The Morgan fingerprint density at radius 2 is 0.643 bits per heavy atom. The van der Waals surface area contributed by atoms with Crippen LogP contribution in [0.2, 0.25) is 0 Å². The zero-order valence-corrected chi connectivity index (χ0v) is 17.7. The third-order valence-electron chi connectivity index (χ3n) is 3.35. The van der Waals surface area contributed by atoms with Gasteiger partial charge in [-0.1, -0.05) is 0 Å². The first-order valence-electron chi connectivity index (χ1n) is 6.52. The van der Waals surface area contributed by atoms with E-state index in [0.29, 0.717) is 0 Å². The van der Waals surface area contributed by atoms with Gasteiger partial charge in [-0.25, -0.2) is 8.78 Å². The maximum Gasteiger partial charge on any atom is 0.460 e. The molecule has 20 heteroatoms. The lowest BCUT2D eigenvalue weighted by Crippen LogP contribution is -2.75. The number of hydrogen-bond donors (Lipinski definition) is 0. The molecule has 0 fully saturated rings. The fourth-order valence-electron chi connectivity index (χ4n) is 1.67. The first-order valence-corrected chi connectivity index (χ1v) is 16.9. The van der Waals surface area contributed by atoms with Crippen molar-refractivity contribution in [1.29, 1.82) is 0 Å². The third kappa shape index (κ3) is 3.45. The molecule has 0 radical (unpaired) electrons. The lowest BCUT2D eigenvalue weighted by Gasteiger charge is -2.42. The average molecular weight is 510 g/mol. The Kier molecular flexibility index (Phi) is 6.88. The lowest BCUT2D eigenvalue weighted by atomic mass is 9.91. The standard InChI is InChI=1S/C8H7F17Si3/c9-1(10,3(13,14)5(17,18)7(21,22)23)2(11,12)4(15,16)6(19,20)8(24,25)27-28-26/h27-28H2,26H3. The summed E-state index contributed by atoms with van der Waals surface area (Å²) in [6.45, 7) is 0. The van der Waals surface area contributed by atoms with Gasteiger partial charge in [0.15, 0.2) is 0 Å². The highest BCUT2D eigenvalue weighted by molar-refractivity contribution is 7.24. The van der Waals surface area contributed by atoms with Crippen LogP contribution in [0.3, 0.4) is 0 Å². The van der Waals surface area contributed by atoms with Crippen LogP contribution in [0.4, 0.5) is 74.6 Å². The van der Waals surface area contributed by atoms with E-state index in [4.69, 9.17) is 0 Å². The van der Waals surface area contributed by atoms with Gasteiger partial charge < -0.3 is 0 Å². The zero-order valence-electron chi connectivity index (χ0n) is 12.8. The van der Waals surface area contributed by atoms with E-state index >= 15 is 0 Å². The topological polar surface area (TPSA) is 0 Å². The van der Waals surface area contributed by atoms with Gasteiger partial charge in [0.2, 0.25) is 0 Å². The molecule has 0 atom stereocenters. The summed E-state index contributed by atoms with van der Waals surface area (Å²) in [5.74, 6) is -49.0. The van der Waals surface area contributed by atoms with Crippen molar-refractivity contribution in [2.24, 2.45) is 0 Å². The van der Waals surface area contributed by atoms with Gasteiger partial charge in [0.05, 0.1) is 9.04 Å². The zero-order chi connectivity index (χ0) is 23.4. The second-order valence-corrected chi connectivity index (χ2v) is 21.3. The summed E-state index contributed by atoms with van der Waals surface area (Å²) in [6, 6.07) is 0. The normalized spacial score (nSPS) is 17.5. The quantitative estimate of drug-likeness (QED) is 0.348. The Morgan fingerprint density at radius 1 is 0.393 bits per heavy atom. The molecule has 0 aromatic heterocycles. The van der Waals surface area contributed by atoms with Gasteiger partial charge >= 0.3 is 41.7 Å². The molecule has 0 aliphatic rings. The Labute approximate surface area is 150 Å². The molecule has 0 heterocycles. The number of rotatable bonds is 8. The van der Waals surface area contributed by atoms with E-state index in [1.54, 1.807) is 0 Å². The Balaban J connectivity index is 6.63. The summed E-state index contributed by atoms with van der Waals surface area (Å²) >= 11 is 0. The van der Waals surface area contributed by atoms with Crippen LogP contribution in [0, 0.1) is 0 Å². The van der Waals surface area contributed by atoms with Crippen LogP contribution in [0.15, 0.2) is 0 Å². The molecule has 0 nitrogen and oxygen atoms in total. The van der Waals surface area contributed by atoms with Crippen molar-refractivity contribution in [3.8, 4) is 0 Å². The first-order chi connectivity index (χ1) is 11.8. The van der Waals surface area contributed by atoms with Crippen LogP contribution in [-0.2, 0) is 0 Å². The molecule has 0 unspecified atom stereocenters. The van der Waals surface area contributed by atoms with Crippen molar-refractivity contribution in [3.05, 3.63) is 0 Å². The first kappa shape index (κ1) is 27.5. The van der Waals surface area contributed by atoms with Gasteiger partial charge in [0, 0.05) is 8.55 Å². The van der Waals surface area contributed by atoms with Crippen molar-refractivity contribution in [2.75, 3.05) is 0 Å². The molecule has 0 aromatic rings. The summed E-state index contributed by atoms with van der Waals surface area (Å²) in [5, 5.41) is 0.